The van der Waals surface area contributed by atoms with Crippen LogP contribution in [0, 0.1) is 6.92 Å². The Balaban J connectivity index is 2.21. The summed E-state index contributed by atoms with van der Waals surface area (Å²) in [6.07, 6.45) is -7.02. The topological polar surface area (TPSA) is 113 Å². The van der Waals surface area contributed by atoms with Gasteiger partial charge in [-0.05, 0) is 26.0 Å². The molecule has 0 spiro atoms. The zero-order valence-electron chi connectivity index (χ0n) is 11.6. The highest BCUT2D eigenvalue weighted by Crippen LogP contribution is 2.26. The number of aryl methyl sites for hydroxylation is 1. The lowest BCUT2D eigenvalue weighted by Crippen LogP contribution is -2.57. The highest BCUT2D eigenvalue weighted by Gasteiger charge is 2.45. The second-order valence-electron chi connectivity index (χ2n) is 5.04. The lowest BCUT2D eigenvalue weighted by molar-refractivity contribution is -0.272. The maximum absolute atomic E-state index is 12.2. The Kier molecular flexibility index (Phi) is 4.66. The number of hydrogen-bond donors (Lipinski definition) is 3. The molecular formula is C13H18O7S. The first kappa shape index (κ1) is 16.3. The highest BCUT2D eigenvalue weighted by atomic mass is 32.2. The Hall–Kier alpha value is -1.03. The van der Waals surface area contributed by atoms with Crippen molar-refractivity contribution in [3.8, 4) is 0 Å². The number of rotatable bonds is 3. The predicted octanol–water partition coefficient (Wildman–Crippen LogP) is -0.472. The Bertz CT molecular complexity index is 583. The second kappa shape index (κ2) is 5.99. The maximum atomic E-state index is 12.2. The monoisotopic (exact) mass is 318 g/mol. The van der Waals surface area contributed by atoms with Gasteiger partial charge in [0.05, 0.1) is 11.0 Å². The van der Waals surface area contributed by atoms with Crippen molar-refractivity contribution < 1.29 is 32.7 Å². The van der Waals surface area contributed by atoms with Gasteiger partial charge in [-0.1, -0.05) is 17.7 Å². The molecule has 1 aromatic rings. The summed E-state index contributed by atoms with van der Waals surface area (Å²) >= 11 is 0. The molecule has 5 atom stereocenters. The molecule has 0 aliphatic carbocycles. The molecule has 1 aromatic carbocycles. The average Bonchev–Trinajstić information content (AvgIpc) is 2.42. The van der Waals surface area contributed by atoms with E-state index in [1.165, 1.54) is 19.1 Å². The van der Waals surface area contributed by atoms with Gasteiger partial charge in [-0.15, -0.1) is 0 Å². The molecule has 0 unspecified atom stereocenters. The third kappa shape index (κ3) is 3.42. The van der Waals surface area contributed by atoms with Crippen molar-refractivity contribution in [1.82, 2.24) is 0 Å². The summed E-state index contributed by atoms with van der Waals surface area (Å²) in [5.74, 6) is 0. The van der Waals surface area contributed by atoms with E-state index in [4.69, 9.17) is 8.92 Å². The largest absolute Gasteiger partial charge is 0.387 e. The van der Waals surface area contributed by atoms with Gasteiger partial charge < -0.3 is 20.1 Å². The molecule has 1 saturated heterocycles. The summed E-state index contributed by atoms with van der Waals surface area (Å²) in [7, 11) is -4.12. The SMILES string of the molecule is Cc1ccc(S(=O)(=O)O[C@H]2[C@H](O)[C@H](O)[C@@H](O)O[C@@H]2C)cc1. The molecule has 2 rings (SSSR count). The van der Waals surface area contributed by atoms with Gasteiger partial charge in [-0.2, -0.15) is 8.42 Å². The smallest absolute Gasteiger partial charge is 0.297 e. The van der Waals surface area contributed by atoms with Crippen LogP contribution in [0.1, 0.15) is 12.5 Å². The van der Waals surface area contributed by atoms with E-state index in [0.29, 0.717) is 0 Å². The van der Waals surface area contributed by atoms with Gasteiger partial charge in [0.2, 0.25) is 0 Å². The van der Waals surface area contributed by atoms with Gasteiger partial charge in [0.25, 0.3) is 10.1 Å². The normalized spacial score (nSPS) is 33.9. The highest BCUT2D eigenvalue weighted by molar-refractivity contribution is 7.86. The standard InChI is InChI=1S/C13H18O7S/c1-7-3-5-9(6-4-7)21(17,18)20-12-8(2)19-13(16)11(15)10(12)14/h3-6,8,10-16H,1-2H3/t8-,10-,11+,12-,13+/m1/s1. The molecular weight excluding hydrogens is 300 g/mol. The van der Waals surface area contributed by atoms with E-state index in [2.05, 4.69) is 0 Å². The first-order valence-electron chi connectivity index (χ1n) is 6.42. The number of aliphatic hydroxyl groups excluding tert-OH is 3. The molecule has 0 saturated carbocycles. The van der Waals surface area contributed by atoms with E-state index in [0.717, 1.165) is 5.56 Å². The van der Waals surface area contributed by atoms with Crippen molar-refractivity contribution in [2.24, 2.45) is 0 Å². The first-order valence-corrected chi connectivity index (χ1v) is 7.83. The summed E-state index contributed by atoms with van der Waals surface area (Å²) in [6.45, 7) is 3.25. The number of aliphatic hydroxyl groups is 3. The van der Waals surface area contributed by atoms with Crippen molar-refractivity contribution >= 4 is 10.1 Å². The number of ether oxygens (including phenoxy) is 1. The van der Waals surface area contributed by atoms with E-state index in [-0.39, 0.29) is 4.90 Å². The Labute approximate surface area is 122 Å². The minimum Gasteiger partial charge on any atom is -0.387 e. The van der Waals surface area contributed by atoms with E-state index in [1.54, 1.807) is 12.1 Å². The van der Waals surface area contributed by atoms with Gasteiger partial charge in [0.15, 0.2) is 6.29 Å². The first-order chi connectivity index (χ1) is 9.72. The van der Waals surface area contributed by atoms with Crippen molar-refractivity contribution in [2.45, 2.75) is 49.4 Å². The fraction of sp³-hybridized carbons (Fsp3) is 0.538. The van der Waals surface area contributed by atoms with Crippen LogP contribution in [0.15, 0.2) is 29.2 Å². The average molecular weight is 318 g/mol. The fourth-order valence-electron chi connectivity index (χ4n) is 2.06. The Morgan fingerprint density at radius 1 is 1.10 bits per heavy atom. The van der Waals surface area contributed by atoms with Gasteiger partial charge in [-0.3, -0.25) is 4.18 Å². The van der Waals surface area contributed by atoms with Crippen molar-refractivity contribution in [3.05, 3.63) is 29.8 Å². The van der Waals surface area contributed by atoms with Gasteiger partial charge in [0, 0.05) is 0 Å². The minimum absolute atomic E-state index is 0.0619. The summed E-state index contributed by atoms with van der Waals surface area (Å²) in [5, 5.41) is 28.7. The molecule has 7 nitrogen and oxygen atoms in total. The van der Waals surface area contributed by atoms with Crippen LogP contribution >= 0.6 is 0 Å². The molecule has 21 heavy (non-hydrogen) atoms. The quantitative estimate of drug-likeness (QED) is 0.646. The molecule has 8 heteroatoms. The predicted molar refractivity (Wildman–Crippen MR) is 71.8 cm³/mol. The molecule has 1 heterocycles. The van der Waals surface area contributed by atoms with E-state index < -0.39 is 40.8 Å². The Morgan fingerprint density at radius 3 is 2.24 bits per heavy atom. The van der Waals surface area contributed by atoms with Crippen LogP contribution in [-0.4, -0.2) is 54.4 Å². The van der Waals surface area contributed by atoms with Crippen LogP contribution in [-0.2, 0) is 19.0 Å². The van der Waals surface area contributed by atoms with Gasteiger partial charge >= 0.3 is 0 Å². The summed E-state index contributed by atoms with van der Waals surface area (Å²) < 4.78 is 34.2. The van der Waals surface area contributed by atoms with Crippen molar-refractivity contribution in [3.63, 3.8) is 0 Å². The van der Waals surface area contributed by atoms with Crippen LogP contribution in [0.25, 0.3) is 0 Å². The Morgan fingerprint density at radius 2 is 1.67 bits per heavy atom. The van der Waals surface area contributed by atoms with Crippen molar-refractivity contribution in [2.75, 3.05) is 0 Å². The molecule has 0 bridgehead atoms. The van der Waals surface area contributed by atoms with Crippen LogP contribution < -0.4 is 0 Å². The van der Waals surface area contributed by atoms with Gasteiger partial charge in [0.1, 0.15) is 18.3 Å². The number of hydrogen-bond acceptors (Lipinski definition) is 7. The summed E-state index contributed by atoms with van der Waals surface area (Å²) in [5.41, 5.74) is 0.891. The molecule has 0 radical (unpaired) electrons. The molecule has 0 aromatic heterocycles. The van der Waals surface area contributed by atoms with Crippen LogP contribution in [0.4, 0.5) is 0 Å². The van der Waals surface area contributed by atoms with Gasteiger partial charge in [-0.25, -0.2) is 0 Å². The van der Waals surface area contributed by atoms with Crippen molar-refractivity contribution in [1.29, 1.82) is 0 Å². The third-order valence-corrected chi connectivity index (χ3v) is 4.67. The zero-order valence-corrected chi connectivity index (χ0v) is 12.4. The molecule has 0 amide bonds. The minimum atomic E-state index is -4.12. The van der Waals surface area contributed by atoms with E-state index >= 15 is 0 Å². The van der Waals surface area contributed by atoms with E-state index in [9.17, 15) is 23.7 Å². The molecule has 1 fully saturated rings. The second-order valence-corrected chi connectivity index (χ2v) is 6.61. The molecule has 1 aliphatic rings. The zero-order chi connectivity index (χ0) is 15.8. The maximum Gasteiger partial charge on any atom is 0.297 e. The molecule has 3 N–H and O–H groups in total. The lowest BCUT2D eigenvalue weighted by atomic mass is 10.0. The van der Waals surface area contributed by atoms with Crippen LogP contribution in [0.2, 0.25) is 0 Å². The fourth-order valence-corrected chi connectivity index (χ4v) is 3.20. The van der Waals surface area contributed by atoms with E-state index in [1.807, 2.05) is 6.92 Å². The summed E-state index contributed by atoms with van der Waals surface area (Å²) in [4.78, 5) is -0.0619. The number of benzene rings is 1. The molecule has 118 valence electrons. The van der Waals surface area contributed by atoms with Crippen LogP contribution in [0.5, 0.6) is 0 Å². The lowest BCUT2D eigenvalue weighted by Gasteiger charge is -2.38. The summed E-state index contributed by atoms with van der Waals surface area (Å²) in [6, 6.07) is 6.01. The van der Waals surface area contributed by atoms with Crippen LogP contribution in [0.3, 0.4) is 0 Å². The third-order valence-electron chi connectivity index (χ3n) is 3.34. The molecule has 1 aliphatic heterocycles.